The number of nitrogens with one attached hydrogen (secondary N) is 1. The molecular formula is C20H27NO6S. The van der Waals surface area contributed by atoms with Crippen molar-refractivity contribution in [3.63, 3.8) is 0 Å². The molecule has 1 heterocycles. The van der Waals surface area contributed by atoms with Gasteiger partial charge in [-0.3, -0.25) is 14.4 Å². The highest BCUT2D eigenvalue weighted by Crippen LogP contribution is 2.13. The van der Waals surface area contributed by atoms with Gasteiger partial charge in [0.1, 0.15) is 0 Å². The second-order valence-corrected chi connectivity index (χ2v) is 9.34. The Hall–Kier alpha value is -2.22. The van der Waals surface area contributed by atoms with E-state index in [4.69, 9.17) is 4.74 Å². The first-order valence-electron chi connectivity index (χ1n) is 9.52. The van der Waals surface area contributed by atoms with E-state index in [9.17, 15) is 22.8 Å². The molecule has 1 aliphatic rings. The number of Topliss-reactive ketones (excluding diaryl/α,β-unsaturated/α-hetero) is 1. The standard InChI is InChI=1S/C20H27NO6S/c1-3-4-15-5-7-16(8-6-15)18(22)9-10-19(23)27-14(2)20(24)21-17-11-12-28(25,26)13-17/h5-8,14,17H,3-4,9-13H2,1-2H3,(H,21,24)/t14-,17-/m1/s1. The molecule has 8 heteroatoms. The van der Waals surface area contributed by atoms with Crippen molar-refractivity contribution in [3.8, 4) is 0 Å². The van der Waals surface area contributed by atoms with Crippen LogP contribution >= 0.6 is 0 Å². The van der Waals surface area contributed by atoms with Gasteiger partial charge in [0.05, 0.1) is 17.9 Å². The highest BCUT2D eigenvalue weighted by Gasteiger charge is 2.30. The predicted octanol–water partition coefficient (Wildman–Crippen LogP) is 1.84. The highest BCUT2D eigenvalue weighted by molar-refractivity contribution is 7.91. The second-order valence-electron chi connectivity index (χ2n) is 7.11. The number of rotatable bonds is 9. The van der Waals surface area contributed by atoms with E-state index < -0.39 is 33.9 Å². The van der Waals surface area contributed by atoms with Crippen molar-refractivity contribution in [2.24, 2.45) is 0 Å². The molecule has 1 saturated heterocycles. The number of benzene rings is 1. The molecule has 1 amide bonds. The number of aryl methyl sites for hydroxylation is 1. The minimum Gasteiger partial charge on any atom is -0.453 e. The summed E-state index contributed by atoms with van der Waals surface area (Å²) in [5, 5.41) is 2.58. The van der Waals surface area contributed by atoms with Crippen molar-refractivity contribution in [3.05, 3.63) is 35.4 Å². The molecule has 154 valence electrons. The molecule has 0 spiro atoms. The molecular weight excluding hydrogens is 382 g/mol. The van der Waals surface area contributed by atoms with E-state index in [1.807, 2.05) is 12.1 Å². The molecule has 0 aromatic heterocycles. The lowest BCUT2D eigenvalue weighted by atomic mass is 10.0. The first-order valence-corrected chi connectivity index (χ1v) is 11.3. The largest absolute Gasteiger partial charge is 0.453 e. The van der Waals surface area contributed by atoms with Gasteiger partial charge in [-0.25, -0.2) is 8.42 Å². The number of amides is 1. The predicted molar refractivity (Wildman–Crippen MR) is 105 cm³/mol. The first-order chi connectivity index (χ1) is 13.2. The third-order valence-corrected chi connectivity index (χ3v) is 6.39. The fourth-order valence-electron chi connectivity index (χ4n) is 3.04. The minimum atomic E-state index is -3.10. The maximum Gasteiger partial charge on any atom is 0.307 e. The molecule has 0 radical (unpaired) electrons. The molecule has 28 heavy (non-hydrogen) atoms. The van der Waals surface area contributed by atoms with Crippen LogP contribution in [0.2, 0.25) is 0 Å². The molecule has 0 aliphatic carbocycles. The number of sulfone groups is 1. The lowest BCUT2D eigenvalue weighted by molar-refractivity contribution is -0.154. The van der Waals surface area contributed by atoms with Crippen LogP contribution in [0, 0.1) is 0 Å². The lowest BCUT2D eigenvalue weighted by Crippen LogP contribution is -2.42. The fourth-order valence-corrected chi connectivity index (χ4v) is 4.72. The Labute approximate surface area is 165 Å². The molecule has 1 fully saturated rings. The molecule has 0 unspecified atom stereocenters. The Morgan fingerprint density at radius 2 is 1.86 bits per heavy atom. The second kappa shape index (κ2) is 9.82. The van der Waals surface area contributed by atoms with Crippen molar-refractivity contribution >= 4 is 27.5 Å². The summed E-state index contributed by atoms with van der Waals surface area (Å²) in [6, 6.07) is 6.88. The van der Waals surface area contributed by atoms with Crippen molar-refractivity contribution in [2.75, 3.05) is 11.5 Å². The van der Waals surface area contributed by atoms with Crippen molar-refractivity contribution in [1.82, 2.24) is 5.32 Å². The van der Waals surface area contributed by atoms with Gasteiger partial charge < -0.3 is 10.1 Å². The third-order valence-electron chi connectivity index (χ3n) is 4.63. The van der Waals surface area contributed by atoms with Gasteiger partial charge in [0.2, 0.25) is 0 Å². The zero-order valence-electron chi connectivity index (χ0n) is 16.3. The van der Waals surface area contributed by atoms with Crippen molar-refractivity contribution in [2.45, 2.75) is 58.1 Å². The Balaban J connectivity index is 1.75. The van der Waals surface area contributed by atoms with E-state index >= 15 is 0 Å². The number of carbonyl (C=O) groups excluding carboxylic acids is 3. The van der Waals surface area contributed by atoms with E-state index in [0.717, 1.165) is 18.4 Å². The van der Waals surface area contributed by atoms with Crippen LogP contribution in [-0.2, 0) is 30.6 Å². The van der Waals surface area contributed by atoms with Gasteiger partial charge in [-0.2, -0.15) is 0 Å². The normalized spacial score (nSPS) is 19.0. The number of ether oxygens (including phenoxy) is 1. The van der Waals surface area contributed by atoms with Gasteiger partial charge in [-0.15, -0.1) is 0 Å². The molecule has 1 aromatic carbocycles. The number of hydrogen-bond acceptors (Lipinski definition) is 6. The topological polar surface area (TPSA) is 107 Å². The molecule has 7 nitrogen and oxygen atoms in total. The monoisotopic (exact) mass is 409 g/mol. The molecule has 2 rings (SSSR count). The van der Waals surface area contributed by atoms with Gasteiger partial charge >= 0.3 is 5.97 Å². The number of carbonyl (C=O) groups is 3. The summed E-state index contributed by atoms with van der Waals surface area (Å²) in [6.07, 6.45) is 1.18. The SMILES string of the molecule is CCCc1ccc(C(=O)CCC(=O)O[C@H](C)C(=O)N[C@@H]2CCS(=O)(=O)C2)cc1. The number of hydrogen-bond donors (Lipinski definition) is 1. The van der Waals surface area contributed by atoms with Crippen molar-refractivity contribution in [1.29, 1.82) is 0 Å². The molecule has 0 saturated carbocycles. The van der Waals surface area contributed by atoms with E-state index in [0.29, 0.717) is 12.0 Å². The van der Waals surface area contributed by atoms with Crippen LogP contribution in [0.5, 0.6) is 0 Å². The Kier molecular flexibility index (Phi) is 7.74. The smallest absolute Gasteiger partial charge is 0.307 e. The summed E-state index contributed by atoms with van der Waals surface area (Å²) < 4.78 is 27.9. The van der Waals surface area contributed by atoms with Crippen LogP contribution in [0.15, 0.2) is 24.3 Å². The van der Waals surface area contributed by atoms with E-state index in [2.05, 4.69) is 12.2 Å². The number of ketones is 1. The zero-order valence-corrected chi connectivity index (χ0v) is 17.1. The van der Waals surface area contributed by atoms with Gasteiger partial charge in [0, 0.05) is 18.0 Å². The van der Waals surface area contributed by atoms with E-state index in [1.165, 1.54) is 6.92 Å². The highest BCUT2D eigenvalue weighted by atomic mass is 32.2. The van der Waals surface area contributed by atoms with Gasteiger partial charge in [0.15, 0.2) is 21.7 Å². The maximum atomic E-state index is 12.2. The Morgan fingerprint density at radius 3 is 2.43 bits per heavy atom. The van der Waals surface area contributed by atoms with Crippen LogP contribution in [0.1, 0.15) is 55.5 Å². The lowest BCUT2D eigenvalue weighted by Gasteiger charge is -2.16. The van der Waals surface area contributed by atoms with Crippen molar-refractivity contribution < 1.29 is 27.5 Å². The molecule has 2 atom stereocenters. The van der Waals surface area contributed by atoms with E-state index in [-0.39, 0.29) is 30.1 Å². The van der Waals surface area contributed by atoms with Gasteiger partial charge in [0.25, 0.3) is 5.91 Å². The molecule has 1 aliphatic heterocycles. The van der Waals surface area contributed by atoms with Gasteiger partial charge in [-0.1, -0.05) is 37.6 Å². The minimum absolute atomic E-state index is 0.00116. The van der Waals surface area contributed by atoms with Crippen LogP contribution in [-0.4, -0.2) is 49.7 Å². The average molecular weight is 410 g/mol. The van der Waals surface area contributed by atoms with Crippen LogP contribution < -0.4 is 5.32 Å². The number of esters is 1. The maximum absolute atomic E-state index is 12.2. The Morgan fingerprint density at radius 1 is 1.18 bits per heavy atom. The molecule has 0 bridgehead atoms. The molecule has 1 N–H and O–H groups in total. The summed E-state index contributed by atoms with van der Waals surface area (Å²) in [5.74, 6) is -1.38. The zero-order chi connectivity index (χ0) is 20.7. The van der Waals surface area contributed by atoms with Crippen LogP contribution in [0.3, 0.4) is 0 Å². The van der Waals surface area contributed by atoms with E-state index in [1.54, 1.807) is 12.1 Å². The quantitative estimate of drug-likeness (QED) is 0.493. The third kappa shape index (κ3) is 6.74. The summed E-state index contributed by atoms with van der Waals surface area (Å²) in [4.78, 5) is 36.1. The van der Waals surface area contributed by atoms with Crippen LogP contribution in [0.4, 0.5) is 0 Å². The fraction of sp³-hybridized carbons (Fsp3) is 0.550. The average Bonchev–Trinajstić information content (AvgIpc) is 2.99. The summed E-state index contributed by atoms with van der Waals surface area (Å²) >= 11 is 0. The summed E-state index contributed by atoms with van der Waals surface area (Å²) in [7, 11) is -3.10. The molecule has 1 aromatic rings. The Bertz CT molecular complexity index is 816. The van der Waals surface area contributed by atoms with Crippen LogP contribution in [0.25, 0.3) is 0 Å². The van der Waals surface area contributed by atoms with Gasteiger partial charge in [-0.05, 0) is 25.3 Å². The first kappa shape index (κ1) is 22.1. The summed E-state index contributed by atoms with van der Waals surface area (Å²) in [6.45, 7) is 3.51. The summed E-state index contributed by atoms with van der Waals surface area (Å²) in [5.41, 5.74) is 1.70.